The quantitative estimate of drug-likeness (QED) is 0.731. The number of rotatable bonds is 4. The van der Waals surface area contributed by atoms with Crippen LogP contribution in [0.2, 0.25) is 0 Å². The zero-order valence-corrected chi connectivity index (χ0v) is 8.16. The molecular formula is C10H18O3. The Balaban J connectivity index is 2.31. The summed E-state index contributed by atoms with van der Waals surface area (Å²) in [5.74, 6) is -0.261. The lowest BCUT2D eigenvalue weighted by molar-refractivity contribution is -0.149. The predicted molar refractivity (Wildman–Crippen MR) is 49.6 cm³/mol. The minimum absolute atomic E-state index is 0.565. The highest BCUT2D eigenvalue weighted by molar-refractivity contribution is 5.72. The first-order valence-electron chi connectivity index (χ1n) is 4.99. The monoisotopic (exact) mass is 186 g/mol. The van der Waals surface area contributed by atoms with Gasteiger partial charge in [0.1, 0.15) is 0 Å². The highest BCUT2D eigenvalue weighted by Crippen LogP contribution is 2.27. The van der Waals surface area contributed by atoms with E-state index in [1.165, 1.54) is 39.2 Å². The second-order valence-electron chi connectivity index (χ2n) is 3.80. The van der Waals surface area contributed by atoms with Crippen LogP contribution in [0.25, 0.3) is 0 Å². The molecule has 0 aromatic carbocycles. The summed E-state index contributed by atoms with van der Waals surface area (Å²) >= 11 is 0. The van der Waals surface area contributed by atoms with Crippen LogP contribution in [0.15, 0.2) is 0 Å². The van der Waals surface area contributed by atoms with Crippen molar-refractivity contribution >= 4 is 5.97 Å². The van der Waals surface area contributed by atoms with Crippen LogP contribution in [0, 0.1) is 5.92 Å². The number of carboxylic acid groups (broad SMARTS) is 1. The van der Waals surface area contributed by atoms with E-state index in [4.69, 9.17) is 9.84 Å². The molecule has 76 valence electrons. The first-order chi connectivity index (χ1) is 6.24. The van der Waals surface area contributed by atoms with Gasteiger partial charge in [-0.2, -0.15) is 0 Å². The van der Waals surface area contributed by atoms with E-state index in [1.54, 1.807) is 0 Å². The van der Waals surface area contributed by atoms with Gasteiger partial charge in [-0.05, 0) is 12.3 Å². The Hall–Kier alpha value is -0.570. The number of ether oxygens (including phenoxy) is 1. The van der Waals surface area contributed by atoms with Crippen molar-refractivity contribution in [2.24, 2.45) is 5.92 Å². The Kier molecular flexibility index (Phi) is 4.22. The van der Waals surface area contributed by atoms with Crippen LogP contribution in [0.1, 0.15) is 38.5 Å². The number of carbonyl (C=O) groups is 1. The van der Waals surface area contributed by atoms with Gasteiger partial charge >= 0.3 is 5.97 Å². The molecule has 1 N–H and O–H groups in total. The smallest absolute Gasteiger partial charge is 0.332 e. The van der Waals surface area contributed by atoms with Crippen molar-refractivity contribution < 1.29 is 14.6 Å². The normalized spacial score (nSPS) is 21.3. The predicted octanol–water partition coefficient (Wildman–Crippen LogP) is 2.06. The number of methoxy groups -OCH3 is 1. The van der Waals surface area contributed by atoms with Crippen molar-refractivity contribution in [3.63, 3.8) is 0 Å². The fraction of sp³-hybridized carbons (Fsp3) is 0.900. The third-order valence-electron chi connectivity index (χ3n) is 2.83. The Morgan fingerprint density at radius 2 is 2.08 bits per heavy atom. The molecule has 0 aromatic heterocycles. The SMILES string of the molecule is COC(CC1CCCCC1)C(=O)O. The maximum absolute atomic E-state index is 10.7. The summed E-state index contributed by atoms with van der Waals surface area (Å²) in [6, 6.07) is 0. The molecule has 1 unspecified atom stereocenters. The van der Waals surface area contributed by atoms with Crippen molar-refractivity contribution in [3.05, 3.63) is 0 Å². The molecule has 0 aromatic rings. The average Bonchev–Trinajstić information content (AvgIpc) is 2.15. The largest absolute Gasteiger partial charge is 0.479 e. The molecule has 1 aliphatic carbocycles. The maximum Gasteiger partial charge on any atom is 0.332 e. The van der Waals surface area contributed by atoms with E-state index in [0.717, 1.165) is 0 Å². The van der Waals surface area contributed by atoms with E-state index in [-0.39, 0.29) is 0 Å². The molecule has 0 saturated heterocycles. The first-order valence-corrected chi connectivity index (χ1v) is 4.99. The summed E-state index contributed by atoms with van der Waals surface area (Å²) in [5, 5.41) is 8.78. The van der Waals surface area contributed by atoms with Gasteiger partial charge < -0.3 is 9.84 Å². The van der Waals surface area contributed by atoms with E-state index >= 15 is 0 Å². The van der Waals surface area contributed by atoms with Crippen molar-refractivity contribution in [2.75, 3.05) is 7.11 Å². The standard InChI is InChI=1S/C10H18O3/c1-13-9(10(11)12)7-8-5-3-2-4-6-8/h8-9H,2-7H2,1H3,(H,11,12). The molecule has 3 heteroatoms. The van der Waals surface area contributed by atoms with Crippen LogP contribution in [0.3, 0.4) is 0 Å². The van der Waals surface area contributed by atoms with Crippen LogP contribution in [-0.2, 0) is 9.53 Å². The molecule has 0 aliphatic heterocycles. The molecule has 0 radical (unpaired) electrons. The third-order valence-corrected chi connectivity index (χ3v) is 2.83. The van der Waals surface area contributed by atoms with Crippen LogP contribution < -0.4 is 0 Å². The van der Waals surface area contributed by atoms with Crippen molar-refractivity contribution in [1.29, 1.82) is 0 Å². The van der Waals surface area contributed by atoms with Crippen LogP contribution in [-0.4, -0.2) is 24.3 Å². The van der Waals surface area contributed by atoms with Gasteiger partial charge in [0.25, 0.3) is 0 Å². The van der Waals surface area contributed by atoms with Crippen molar-refractivity contribution in [2.45, 2.75) is 44.6 Å². The maximum atomic E-state index is 10.7. The lowest BCUT2D eigenvalue weighted by Gasteiger charge is -2.23. The third kappa shape index (κ3) is 3.35. The average molecular weight is 186 g/mol. The fourth-order valence-electron chi connectivity index (χ4n) is 2.02. The second kappa shape index (κ2) is 5.22. The molecule has 1 atom stereocenters. The highest BCUT2D eigenvalue weighted by Gasteiger charge is 2.23. The number of carboxylic acids is 1. The molecule has 0 heterocycles. The molecular weight excluding hydrogens is 168 g/mol. The molecule has 1 fully saturated rings. The molecule has 3 nitrogen and oxygen atoms in total. The summed E-state index contributed by atoms with van der Waals surface area (Å²) in [6.07, 6.45) is 6.25. The lowest BCUT2D eigenvalue weighted by Crippen LogP contribution is -2.26. The molecule has 1 rings (SSSR count). The number of hydrogen-bond donors (Lipinski definition) is 1. The summed E-state index contributed by atoms with van der Waals surface area (Å²) in [4.78, 5) is 10.7. The molecule has 13 heavy (non-hydrogen) atoms. The molecule has 0 spiro atoms. The van der Waals surface area contributed by atoms with Crippen LogP contribution in [0.5, 0.6) is 0 Å². The van der Waals surface area contributed by atoms with Gasteiger partial charge in [0.05, 0.1) is 0 Å². The Bertz CT molecular complexity index is 162. The van der Waals surface area contributed by atoms with E-state index in [9.17, 15) is 4.79 Å². The molecule has 0 bridgehead atoms. The van der Waals surface area contributed by atoms with Gasteiger partial charge in [-0.25, -0.2) is 4.79 Å². The molecule has 1 saturated carbocycles. The Labute approximate surface area is 79.1 Å². The zero-order valence-electron chi connectivity index (χ0n) is 8.16. The summed E-state index contributed by atoms with van der Waals surface area (Å²) in [7, 11) is 1.47. The van der Waals surface area contributed by atoms with Crippen molar-refractivity contribution in [3.8, 4) is 0 Å². The van der Waals surface area contributed by atoms with E-state index < -0.39 is 12.1 Å². The summed E-state index contributed by atoms with van der Waals surface area (Å²) in [6.45, 7) is 0. The van der Waals surface area contributed by atoms with E-state index in [2.05, 4.69) is 0 Å². The van der Waals surface area contributed by atoms with Gasteiger partial charge in [-0.15, -0.1) is 0 Å². The molecule has 1 aliphatic rings. The number of hydrogen-bond acceptors (Lipinski definition) is 2. The van der Waals surface area contributed by atoms with E-state index in [0.29, 0.717) is 12.3 Å². The van der Waals surface area contributed by atoms with Gasteiger partial charge in [0.2, 0.25) is 0 Å². The number of aliphatic carboxylic acids is 1. The van der Waals surface area contributed by atoms with Gasteiger partial charge in [0.15, 0.2) is 6.10 Å². The Morgan fingerprint density at radius 3 is 2.54 bits per heavy atom. The van der Waals surface area contributed by atoms with Gasteiger partial charge in [-0.1, -0.05) is 32.1 Å². The topological polar surface area (TPSA) is 46.5 Å². The van der Waals surface area contributed by atoms with Gasteiger partial charge in [0, 0.05) is 7.11 Å². The minimum Gasteiger partial charge on any atom is -0.479 e. The van der Waals surface area contributed by atoms with Crippen LogP contribution >= 0.6 is 0 Å². The lowest BCUT2D eigenvalue weighted by atomic mass is 9.85. The second-order valence-corrected chi connectivity index (χ2v) is 3.80. The highest BCUT2D eigenvalue weighted by atomic mass is 16.5. The zero-order chi connectivity index (χ0) is 9.68. The van der Waals surface area contributed by atoms with Crippen LogP contribution in [0.4, 0.5) is 0 Å². The fourth-order valence-corrected chi connectivity index (χ4v) is 2.02. The molecule has 0 amide bonds. The van der Waals surface area contributed by atoms with Crippen molar-refractivity contribution in [1.82, 2.24) is 0 Å². The van der Waals surface area contributed by atoms with Gasteiger partial charge in [-0.3, -0.25) is 0 Å². The summed E-state index contributed by atoms with van der Waals surface area (Å²) < 4.78 is 4.91. The summed E-state index contributed by atoms with van der Waals surface area (Å²) in [5.41, 5.74) is 0. The minimum atomic E-state index is -0.826. The van der Waals surface area contributed by atoms with E-state index in [1.807, 2.05) is 0 Å². The first kappa shape index (κ1) is 10.5. The Morgan fingerprint density at radius 1 is 1.46 bits per heavy atom.